The second kappa shape index (κ2) is 6.87. The molecule has 138 valence electrons. The van der Waals surface area contributed by atoms with E-state index in [1.54, 1.807) is 41.3 Å². The molecule has 1 saturated carbocycles. The summed E-state index contributed by atoms with van der Waals surface area (Å²) < 4.78 is 0. The van der Waals surface area contributed by atoms with Crippen molar-refractivity contribution in [3.63, 3.8) is 0 Å². The van der Waals surface area contributed by atoms with Crippen molar-refractivity contribution in [1.29, 1.82) is 0 Å². The number of hydrogen-bond donors (Lipinski definition) is 2. The van der Waals surface area contributed by atoms with Gasteiger partial charge >= 0.3 is 5.97 Å². The van der Waals surface area contributed by atoms with Crippen molar-refractivity contribution in [3.05, 3.63) is 70.3 Å². The number of fused-ring (bicyclic) bond motifs is 1. The minimum atomic E-state index is -0.971. The van der Waals surface area contributed by atoms with Crippen molar-refractivity contribution < 1.29 is 19.5 Å². The summed E-state index contributed by atoms with van der Waals surface area (Å²) in [6, 6.07) is 12.1. The highest BCUT2D eigenvalue weighted by Gasteiger charge is 2.25. The van der Waals surface area contributed by atoms with Crippen LogP contribution in [0.25, 0.3) is 0 Å². The first kappa shape index (κ1) is 17.3. The molecule has 0 unspecified atom stereocenters. The highest BCUT2D eigenvalue weighted by atomic mass is 16.4. The molecule has 1 heterocycles. The maximum absolute atomic E-state index is 12.8. The van der Waals surface area contributed by atoms with Gasteiger partial charge in [-0.05, 0) is 66.8 Å². The van der Waals surface area contributed by atoms with Crippen LogP contribution in [-0.2, 0) is 13.0 Å². The van der Waals surface area contributed by atoms with Crippen molar-refractivity contribution in [2.75, 3.05) is 6.54 Å². The molecular weight excluding hydrogens is 344 g/mol. The molecule has 2 aromatic carbocycles. The number of nitrogens with zero attached hydrogens (tertiary/aromatic N) is 1. The van der Waals surface area contributed by atoms with Crippen molar-refractivity contribution >= 4 is 17.8 Å². The van der Waals surface area contributed by atoms with E-state index in [1.165, 1.54) is 0 Å². The average Bonchev–Trinajstić information content (AvgIpc) is 3.50. The molecule has 6 heteroatoms. The van der Waals surface area contributed by atoms with E-state index < -0.39 is 5.97 Å². The SMILES string of the molecule is O=C(O)c1ccc2c(c1)CN(C(=O)c1ccc(C(=O)NC3CC3)cc1)CC2. The molecule has 4 rings (SSSR count). The maximum Gasteiger partial charge on any atom is 0.335 e. The van der Waals surface area contributed by atoms with Crippen LogP contribution in [0.3, 0.4) is 0 Å². The molecule has 0 saturated heterocycles. The molecule has 0 aromatic heterocycles. The van der Waals surface area contributed by atoms with Crippen LogP contribution >= 0.6 is 0 Å². The fraction of sp³-hybridized carbons (Fsp3) is 0.286. The van der Waals surface area contributed by atoms with Crippen LogP contribution in [0.1, 0.15) is 55.0 Å². The Kier molecular flexibility index (Phi) is 4.39. The van der Waals surface area contributed by atoms with E-state index in [9.17, 15) is 14.4 Å². The predicted molar refractivity (Wildman–Crippen MR) is 98.8 cm³/mol. The Hall–Kier alpha value is -3.15. The normalized spacial score (nSPS) is 15.8. The van der Waals surface area contributed by atoms with Gasteiger partial charge in [0.1, 0.15) is 0 Å². The summed E-state index contributed by atoms with van der Waals surface area (Å²) in [6.45, 7) is 0.974. The first-order valence-corrected chi connectivity index (χ1v) is 9.06. The topological polar surface area (TPSA) is 86.7 Å². The first-order chi connectivity index (χ1) is 13.0. The summed E-state index contributed by atoms with van der Waals surface area (Å²) in [5, 5.41) is 12.1. The number of rotatable bonds is 4. The third-order valence-corrected chi connectivity index (χ3v) is 5.06. The van der Waals surface area contributed by atoms with Crippen LogP contribution in [0, 0.1) is 0 Å². The molecule has 2 N–H and O–H groups in total. The number of carboxylic acids is 1. The van der Waals surface area contributed by atoms with Crippen LogP contribution in [0.2, 0.25) is 0 Å². The van der Waals surface area contributed by atoms with Crippen LogP contribution in [0.15, 0.2) is 42.5 Å². The molecule has 1 fully saturated rings. The second-order valence-electron chi connectivity index (χ2n) is 7.09. The summed E-state index contributed by atoms with van der Waals surface area (Å²) >= 11 is 0. The van der Waals surface area contributed by atoms with E-state index in [1.807, 2.05) is 6.07 Å². The standard InChI is InChI=1S/C21H20N2O4/c24-19(22-18-7-8-18)14-2-4-15(5-3-14)20(25)23-10-9-13-1-6-16(21(26)27)11-17(13)12-23/h1-6,11,18H,7-10,12H2,(H,22,24)(H,26,27). The zero-order valence-electron chi connectivity index (χ0n) is 14.8. The Balaban J connectivity index is 1.47. The lowest BCUT2D eigenvalue weighted by Crippen LogP contribution is -2.36. The number of hydrogen-bond acceptors (Lipinski definition) is 3. The van der Waals surface area contributed by atoms with E-state index in [-0.39, 0.29) is 17.4 Å². The predicted octanol–water partition coefficient (Wildman–Crippen LogP) is 2.48. The molecular formula is C21H20N2O4. The highest BCUT2D eigenvalue weighted by molar-refractivity contribution is 5.98. The van der Waals surface area contributed by atoms with E-state index in [0.29, 0.717) is 36.7 Å². The minimum absolute atomic E-state index is 0.107. The largest absolute Gasteiger partial charge is 0.478 e. The third kappa shape index (κ3) is 3.69. The van der Waals surface area contributed by atoms with Crippen molar-refractivity contribution in [1.82, 2.24) is 10.2 Å². The number of aromatic carboxylic acids is 1. The van der Waals surface area contributed by atoms with Gasteiger partial charge < -0.3 is 15.3 Å². The molecule has 27 heavy (non-hydrogen) atoms. The van der Waals surface area contributed by atoms with Crippen molar-refractivity contribution in [2.45, 2.75) is 31.8 Å². The van der Waals surface area contributed by atoms with Crippen LogP contribution in [-0.4, -0.2) is 40.4 Å². The number of carbonyl (C=O) groups is 3. The fourth-order valence-electron chi connectivity index (χ4n) is 3.31. The van der Waals surface area contributed by atoms with Gasteiger partial charge in [0.25, 0.3) is 11.8 Å². The van der Waals surface area contributed by atoms with E-state index in [0.717, 1.165) is 24.0 Å². The summed E-state index contributed by atoms with van der Waals surface area (Å²) in [5.41, 5.74) is 3.25. The van der Waals surface area contributed by atoms with Crippen LogP contribution < -0.4 is 5.32 Å². The fourth-order valence-corrected chi connectivity index (χ4v) is 3.31. The number of carboxylic acid groups (broad SMARTS) is 1. The van der Waals surface area contributed by atoms with Crippen molar-refractivity contribution in [2.24, 2.45) is 0 Å². The Bertz CT molecular complexity index is 916. The van der Waals surface area contributed by atoms with Crippen LogP contribution in [0.5, 0.6) is 0 Å². The van der Waals surface area contributed by atoms with Gasteiger partial charge in [-0.25, -0.2) is 4.79 Å². The molecule has 1 aliphatic carbocycles. The molecule has 1 aliphatic heterocycles. The summed E-state index contributed by atoms with van der Waals surface area (Å²) in [5.74, 6) is -1.19. The van der Waals surface area contributed by atoms with Gasteiger partial charge in [-0.15, -0.1) is 0 Å². The van der Waals surface area contributed by atoms with Gasteiger partial charge in [-0.1, -0.05) is 6.07 Å². The smallest absolute Gasteiger partial charge is 0.335 e. The summed E-state index contributed by atoms with van der Waals surface area (Å²) in [7, 11) is 0. The second-order valence-corrected chi connectivity index (χ2v) is 7.09. The molecule has 2 aliphatic rings. The minimum Gasteiger partial charge on any atom is -0.478 e. The lowest BCUT2D eigenvalue weighted by molar-refractivity contribution is 0.0696. The monoisotopic (exact) mass is 364 g/mol. The highest BCUT2D eigenvalue weighted by Crippen LogP contribution is 2.23. The quantitative estimate of drug-likeness (QED) is 0.873. The van der Waals surface area contributed by atoms with Gasteiger partial charge in [0, 0.05) is 30.3 Å². The molecule has 2 amide bonds. The van der Waals surface area contributed by atoms with Crippen LogP contribution in [0.4, 0.5) is 0 Å². The summed E-state index contributed by atoms with van der Waals surface area (Å²) in [4.78, 5) is 37.7. The lowest BCUT2D eigenvalue weighted by atomic mass is 9.96. The zero-order valence-corrected chi connectivity index (χ0v) is 14.8. The Morgan fingerprint density at radius 3 is 2.26 bits per heavy atom. The molecule has 0 spiro atoms. The molecule has 2 aromatic rings. The molecule has 0 radical (unpaired) electrons. The van der Waals surface area contributed by atoms with E-state index in [2.05, 4.69) is 5.32 Å². The number of amides is 2. The molecule has 0 atom stereocenters. The summed E-state index contributed by atoms with van der Waals surface area (Å²) in [6.07, 6.45) is 2.76. The van der Waals surface area contributed by atoms with Gasteiger partial charge in [-0.2, -0.15) is 0 Å². The maximum atomic E-state index is 12.8. The first-order valence-electron chi connectivity index (χ1n) is 9.06. The third-order valence-electron chi connectivity index (χ3n) is 5.06. The van der Waals surface area contributed by atoms with Gasteiger partial charge in [0.15, 0.2) is 0 Å². The number of nitrogens with one attached hydrogen (secondary N) is 1. The lowest BCUT2D eigenvalue weighted by Gasteiger charge is -2.29. The molecule has 6 nitrogen and oxygen atoms in total. The van der Waals surface area contributed by atoms with Crippen molar-refractivity contribution in [3.8, 4) is 0 Å². The zero-order chi connectivity index (χ0) is 19.0. The Morgan fingerprint density at radius 2 is 1.59 bits per heavy atom. The van der Waals surface area contributed by atoms with E-state index in [4.69, 9.17) is 5.11 Å². The van der Waals surface area contributed by atoms with Gasteiger partial charge in [0.2, 0.25) is 0 Å². The van der Waals surface area contributed by atoms with Gasteiger partial charge in [0.05, 0.1) is 5.56 Å². The number of benzene rings is 2. The van der Waals surface area contributed by atoms with E-state index >= 15 is 0 Å². The van der Waals surface area contributed by atoms with Gasteiger partial charge in [-0.3, -0.25) is 9.59 Å². The average molecular weight is 364 g/mol. The number of carbonyl (C=O) groups excluding carboxylic acids is 2. The molecule has 0 bridgehead atoms. The Morgan fingerprint density at radius 1 is 0.926 bits per heavy atom. The Labute approximate surface area is 156 Å².